The SMILES string of the molecule is CCc1cccc(=O)c(C)c1. The van der Waals surface area contributed by atoms with Gasteiger partial charge in [-0.25, -0.2) is 0 Å². The Hall–Kier alpha value is -1.11. The van der Waals surface area contributed by atoms with Crippen LogP contribution in [-0.4, -0.2) is 0 Å². The van der Waals surface area contributed by atoms with Gasteiger partial charge in [-0.2, -0.15) is 0 Å². The molecule has 1 aromatic rings. The smallest absolute Gasteiger partial charge is 0.181 e. The molecule has 0 aliphatic rings. The average Bonchev–Trinajstić information content (AvgIpc) is 2.15. The Morgan fingerprint density at radius 3 is 2.73 bits per heavy atom. The monoisotopic (exact) mass is 148 g/mol. The van der Waals surface area contributed by atoms with Crippen molar-refractivity contribution in [3.8, 4) is 0 Å². The molecule has 0 N–H and O–H groups in total. The maximum absolute atomic E-state index is 11.1. The molecule has 0 unspecified atom stereocenters. The second-order valence-electron chi connectivity index (χ2n) is 2.65. The van der Waals surface area contributed by atoms with Gasteiger partial charge in [-0.15, -0.1) is 0 Å². The van der Waals surface area contributed by atoms with Gasteiger partial charge in [0.2, 0.25) is 0 Å². The van der Waals surface area contributed by atoms with E-state index in [4.69, 9.17) is 0 Å². The first-order valence-electron chi connectivity index (χ1n) is 3.84. The lowest BCUT2D eigenvalue weighted by molar-refractivity contribution is 1.14. The minimum Gasteiger partial charge on any atom is -0.290 e. The molecule has 0 fully saturated rings. The summed E-state index contributed by atoms with van der Waals surface area (Å²) in [7, 11) is 0. The van der Waals surface area contributed by atoms with Crippen molar-refractivity contribution in [3.63, 3.8) is 0 Å². The van der Waals surface area contributed by atoms with Crippen LogP contribution in [0.1, 0.15) is 18.1 Å². The lowest BCUT2D eigenvalue weighted by Gasteiger charge is -1.88. The standard InChI is InChI=1S/C10H12O/c1-3-9-5-4-6-10(11)8(2)7-9/h4-7H,3H2,1-2H3. The molecule has 58 valence electrons. The van der Waals surface area contributed by atoms with Crippen LogP contribution < -0.4 is 5.43 Å². The fourth-order valence-corrected chi connectivity index (χ4v) is 1.01. The molecule has 0 saturated carbocycles. The third kappa shape index (κ3) is 1.90. The zero-order chi connectivity index (χ0) is 8.27. The van der Waals surface area contributed by atoms with Gasteiger partial charge in [-0.3, -0.25) is 4.79 Å². The molecular weight excluding hydrogens is 136 g/mol. The first kappa shape index (κ1) is 7.99. The summed E-state index contributed by atoms with van der Waals surface area (Å²) in [6.45, 7) is 3.93. The summed E-state index contributed by atoms with van der Waals surface area (Å²) in [6.07, 6.45) is 0.981. The molecule has 1 rings (SSSR count). The van der Waals surface area contributed by atoms with Crippen molar-refractivity contribution < 1.29 is 0 Å². The fourth-order valence-electron chi connectivity index (χ4n) is 1.01. The molecule has 0 bridgehead atoms. The third-order valence-electron chi connectivity index (χ3n) is 1.76. The van der Waals surface area contributed by atoms with Crippen molar-refractivity contribution in [1.29, 1.82) is 0 Å². The second kappa shape index (κ2) is 3.33. The van der Waals surface area contributed by atoms with Crippen molar-refractivity contribution in [3.05, 3.63) is 45.6 Å². The van der Waals surface area contributed by atoms with Gasteiger partial charge in [0.05, 0.1) is 0 Å². The first-order chi connectivity index (χ1) is 5.24. The summed E-state index contributed by atoms with van der Waals surface area (Å²) in [6, 6.07) is 7.35. The summed E-state index contributed by atoms with van der Waals surface area (Å²) in [5.41, 5.74) is 2.15. The minimum absolute atomic E-state index is 0.115. The average molecular weight is 148 g/mol. The largest absolute Gasteiger partial charge is 0.290 e. The van der Waals surface area contributed by atoms with Crippen LogP contribution in [0.2, 0.25) is 0 Å². The van der Waals surface area contributed by atoms with E-state index in [1.807, 2.05) is 25.1 Å². The van der Waals surface area contributed by atoms with E-state index in [2.05, 4.69) is 6.92 Å². The lowest BCUT2D eigenvalue weighted by atomic mass is 10.2. The van der Waals surface area contributed by atoms with Crippen molar-refractivity contribution in [1.82, 2.24) is 0 Å². The summed E-state index contributed by atoms with van der Waals surface area (Å²) in [5.74, 6) is 0. The molecule has 0 atom stereocenters. The Balaban J connectivity index is 3.32. The van der Waals surface area contributed by atoms with Crippen LogP contribution in [0.25, 0.3) is 0 Å². The molecule has 11 heavy (non-hydrogen) atoms. The Morgan fingerprint density at radius 2 is 2.09 bits per heavy atom. The highest BCUT2D eigenvalue weighted by atomic mass is 16.1. The topological polar surface area (TPSA) is 17.1 Å². The van der Waals surface area contributed by atoms with Crippen molar-refractivity contribution >= 4 is 0 Å². The summed E-state index contributed by atoms with van der Waals surface area (Å²) >= 11 is 0. The maximum Gasteiger partial charge on any atom is 0.181 e. The molecule has 0 aliphatic carbocycles. The fraction of sp³-hybridized carbons (Fsp3) is 0.300. The molecule has 0 saturated heterocycles. The zero-order valence-electron chi connectivity index (χ0n) is 6.92. The van der Waals surface area contributed by atoms with Gasteiger partial charge in [-0.1, -0.05) is 25.1 Å². The maximum atomic E-state index is 11.1. The van der Waals surface area contributed by atoms with E-state index < -0.39 is 0 Å². The van der Waals surface area contributed by atoms with Gasteiger partial charge >= 0.3 is 0 Å². The Kier molecular flexibility index (Phi) is 2.42. The molecule has 0 aromatic heterocycles. The van der Waals surface area contributed by atoms with Gasteiger partial charge in [0.15, 0.2) is 5.43 Å². The van der Waals surface area contributed by atoms with Crippen LogP contribution in [0.3, 0.4) is 0 Å². The van der Waals surface area contributed by atoms with Crippen LogP contribution in [0.4, 0.5) is 0 Å². The predicted octanol–water partition coefficient (Wildman–Crippen LogP) is 1.92. The summed E-state index contributed by atoms with van der Waals surface area (Å²) < 4.78 is 0. The van der Waals surface area contributed by atoms with Gasteiger partial charge in [0, 0.05) is 0 Å². The Labute approximate surface area is 66.7 Å². The van der Waals surface area contributed by atoms with Gasteiger partial charge in [0.1, 0.15) is 0 Å². The molecule has 0 amide bonds. The lowest BCUT2D eigenvalue weighted by Crippen LogP contribution is -1.97. The molecule has 1 nitrogen and oxygen atoms in total. The summed E-state index contributed by atoms with van der Waals surface area (Å²) in [5, 5.41) is 0. The van der Waals surface area contributed by atoms with E-state index in [9.17, 15) is 4.79 Å². The molecule has 0 heterocycles. The van der Waals surface area contributed by atoms with E-state index in [0.29, 0.717) is 0 Å². The van der Waals surface area contributed by atoms with E-state index in [-0.39, 0.29) is 5.43 Å². The molecule has 1 heteroatoms. The second-order valence-corrected chi connectivity index (χ2v) is 2.65. The quantitative estimate of drug-likeness (QED) is 0.594. The van der Waals surface area contributed by atoms with Crippen LogP contribution in [0.15, 0.2) is 29.1 Å². The highest BCUT2D eigenvalue weighted by molar-refractivity contribution is 5.20. The number of rotatable bonds is 1. The Morgan fingerprint density at radius 1 is 1.36 bits per heavy atom. The number of hydrogen-bond donors (Lipinski definition) is 0. The van der Waals surface area contributed by atoms with Crippen LogP contribution >= 0.6 is 0 Å². The van der Waals surface area contributed by atoms with E-state index in [1.165, 1.54) is 5.56 Å². The van der Waals surface area contributed by atoms with Crippen molar-refractivity contribution in [2.24, 2.45) is 0 Å². The van der Waals surface area contributed by atoms with Crippen molar-refractivity contribution in [2.75, 3.05) is 0 Å². The normalized spacial score (nSPS) is 9.64. The Bertz CT molecular complexity index is 302. The van der Waals surface area contributed by atoms with Gasteiger partial charge in [0.25, 0.3) is 0 Å². The van der Waals surface area contributed by atoms with Gasteiger partial charge < -0.3 is 0 Å². The zero-order valence-corrected chi connectivity index (χ0v) is 6.92. The molecule has 0 aliphatic heterocycles. The molecule has 1 aromatic carbocycles. The third-order valence-corrected chi connectivity index (χ3v) is 1.76. The molecule has 0 spiro atoms. The van der Waals surface area contributed by atoms with Crippen LogP contribution in [-0.2, 0) is 6.42 Å². The van der Waals surface area contributed by atoms with E-state index in [0.717, 1.165) is 12.0 Å². The van der Waals surface area contributed by atoms with Crippen molar-refractivity contribution in [2.45, 2.75) is 20.3 Å². The highest BCUT2D eigenvalue weighted by Gasteiger charge is 1.90. The van der Waals surface area contributed by atoms with Crippen LogP contribution in [0.5, 0.6) is 0 Å². The van der Waals surface area contributed by atoms with E-state index >= 15 is 0 Å². The molecule has 0 radical (unpaired) electrons. The van der Waals surface area contributed by atoms with Crippen LogP contribution in [0, 0.1) is 6.92 Å². The number of aryl methyl sites for hydroxylation is 2. The highest BCUT2D eigenvalue weighted by Crippen LogP contribution is 1.98. The molecular formula is C10H12O. The van der Waals surface area contributed by atoms with Gasteiger partial charge in [-0.05, 0) is 30.5 Å². The first-order valence-corrected chi connectivity index (χ1v) is 3.84. The number of hydrogen-bond acceptors (Lipinski definition) is 1. The minimum atomic E-state index is 0.115. The summed E-state index contributed by atoms with van der Waals surface area (Å²) in [4.78, 5) is 11.1. The predicted molar refractivity (Wildman–Crippen MR) is 46.8 cm³/mol. The van der Waals surface area contributed by atoms with E-state index in [1.54, 1.807) is 6.07 Å².